The van der Waals surface area contributed by atoms with Gasteiger partial charge in [-0.2, -0.15) is 11.3 Å². The molecule has 9 rings (SSSR count). The Morgan fingerprint density at radius 1 is 0.622 bits per heavy atom. The molecule has 4 aromatic heterocycles. The Hall–Kier alpha value is -5.07. The van der Waals surface area contributed by atoms with Crippen LogP contribution in [0.4, 0.5) is 0 Å². The van der Waals surface area contributed by atoms with Crippen molar-refractivity contribution in [3.8, 4) is 28.3 Å². The Labute approximate surface area is 277 Å². The molecule has 0 unspecified atom stereocenters. The summed E-state index contributed by atoms with van der Waals surface area (Å²) in [5.74, 6) is 0.828. The van der Waals surface area contributed by atoms with Gasteiger partial charge >= 0.3 is 0 Å². The fourth-order valence-corrected chi connectivity index (χ4v) is 6.70. The van der Waals surface area contributed by atoms with Gasteiger partial charge < -0.3 is 9.55 Å². The van der Waals surface area contributed by atoms with E-state index < -0.39 is 0 Å². The Bertz CT molecular complexity index is 2350. The fourth-order valence-electron chi connectivity index (χ4n) is 5.51. The van der Waals surface area contributed by atoms with Crippen LogP contribution in [0.1, 0.15) is 0 Å². The second-order valence-electron chi connectivity index (χ2n) is 10.2. The molecular formula is C38H23IrN5S-2. The molecule has 0 amide bonds. The van der Waals surface area contributed by atoms with Crippen LogP contribution in [0.15, 0.2) is 140 Å². The SMILES string of the molecule is [Ir].[c-]1ccc2c(sc3ccccc32)c1-c1nc2nnc3ccccc3c2n1-c1ccccc1.[c-]1ccccc1-c1ccccn1. The first-order chi connectivity index (χ1) is 21.8. The zero-order valence-electron chi connectivity index (χ0n) is 23.8. The molecule has 0 N–H and O–H groups in total. The third-order valence-corrected chi connectivity index (χ3v) is 8.70. The largest absolute Gasteiger partial charge is 0.331 e. The summed E-state index contributed by atoms with van der Waals surface area (Å²) in [5.41, 5.74) is 6.48. The topological polar surface area (TPSA) is 56.5 Å². The van der Waals surface area contributed by atoms with Crippen LogP contribution in [0, 0.1) is 12.1 Å². The Morgan fingerprint density at radius 2 is 1.40 bits per heavy atom. The van der Waals surface area contributed by atoms with Crippen LogP contribution in [0.5, 0.6) is 0 Å². The summed E-state index contributed by atoms with van der Waals surface area (Å²) in [6, 6.07) is 51.4. The van der Waals surface area contributed by atoms with E-state index in [0.717, 1.165) is 44.8 Å². The van der Waals surface area contributed by atoms with Crippen molar-refractivity contribution in [3.63, 3.8) is 0 Å². The van der Waals surface area contributed by atoms with Crippen LogP contribution in [-0.2, 0) is 20.1 Å². The molecule has 45 heavy (non-hydrogen) atoms. The molecular weight excluding hydrogens is 751 g/mol. The van der Waals surface area contributed by atoms with Gasteiger partial charge in [-0.3, -0.25) is 4.98 Å². The predicted molar refractivity (Wildman–Crippen MR) is 180 cm³/mol. The molecule has 217 valence electrons. The smallest absolute Gasteiger partial charge is 0.191 e. The summed E-state index contributed by atoms with van der Waals surface area (Å²) in [6.45, 7) is 0. The number of nitrogens with zero attached hydrogens (tertiary/aromatic N) is 5. The number of pyridine rings is 1. The molecule has 0 fully saturated rings. The Morgan fingerprint density at radius 3 is 2.22 bits per heavy atom. The Balaban J connectivity index is 0.000000211. The number of thiophene rings is 1. The van der Waals surface area contributed by atoms with Gasteiger partial charge in [0.15, 0.2) is 5.65 Å². The minimum absolute atomic E-state index is 0. The molecule has 0 bridgehead atoms. The maximum atomic E-state index is 4.99. The van der Waals surface area contributed by atoms with Crippen LogP contribution in [0.25, 0.3) is 70.6 Å². The molecule has 0 saturated carbocycles. The monoisotopic (exact) mass is 774 g/mol. The Kier molecular flexibility index (Phi) is 7.97. The van der Waals surface area contributed by atoms with E-state index in [-0.39, 0.29) is 20.1 Å². The molecule has 0 aliphatic heterocycles. The molecule has 5 nitrogen and oxygen atoms in total. The average Bonchev–Trinajstić information content (AvgIpc) is 3.69. The molecule has 0 atom stereocenters. The molecule has 4 heterocycles. The van der Waals surface area contributed by atoms with Crippen LogP contribution in [-0.4, -0.2) is 24.7 Å². The first-order valence-corrected chi connectivity index (χ1v) is 15.1. The number of para-hydroxylation sites is 1. The summed E-state index contributed by atoms with van der Waals surface area (Å²) >= 11 is 1.78. The van der Waals surface area contributed by atoms with Gasteiger partial charge in [0.05, 0.1) is 16.9 Å². The van der Waals surface area contributed by atoms with E-state index in [2.05, 4.69) is 80.4 Å². The summed E-state index contributed by atoms with van der Waals surface area (Å²) in [7, 11) is 0. The van der Waals surface area contributed by atoms with Gasteiger partial charge in [0.2, 0.25) is 0 Å². The standard InChI is InChI=1S/C27H15N4S.C11H8N.Ir/c1-2-9-17(10-3-1)31-24-20-12-4-6-15-22(20)29-30-26(24)28-27(31)21-14-8-13-19-18-11-5-7-16-23(18)32-25(19)21;1-2-6-10(7-3-1)11-8-4-5-9-12-11;/h1-13,15-16H;1-6,8-9H;/q2*-1;. The molecule has 9 aromatic rings. The predicted octanol–water partition coefficient (Wildman–Crippen LogP) is 9.35. The second-order valence-corrected chi connectivity index (χ2v) is 11.2. The third-order valence-electron chi connectivity index (χ3n) is 7.50. The zero-order chi connectivity index (χ0) is 29.3. The van der Waals surface area contributed by atoms with Crippen molar-refractivity contribution in [1.29, 1.82) is 0 Å². The van der Waals surface area contributed by atoms with Crippen molar-refractivity contribution < 1.29 is 20.1 Å². The van der Waals surface area contributed by atoms with Crippen LogP contribution < -0.4 is 0 Å². The maximum Gasteiger partial charge on any atom is 0.191 e. The molecule has 0 saturated heterocycles. The van der Waals surface area contributed by atoms with E-state index >= 15 is 0 Å². The quantitative estimate of drug-likeness (QED) is 0.168. The van der Waals surface area contributed by atoms with Gasteiger partial charge in [-0.1, -0.05) is 77.7 Å². The van der Waals surface area contributed by atoms with Crippen LogP contribution >= 0.6 is 11.3 Å². The normalized spacial score (nSPS) is 10.9. The molecule has 1 radical (unpaired) electrons. The summed E-state index contributed by atoms with van der Waals surface area (Å²) in [6.07, 6.45) is 1.79. The van der Waals surface area contributed by atoms with E-state index in [0.29, 0.717) is 5.65 Å². The van der Waals surface area contributed by atoms with Crippen molar-refractivity contribution in [2.45, 2.75) is 0 Å². The number of aromatic nitrogens is 5. The van der Waals surface area contributed by atoms with Crippen molar-refractivity contribution in [1.82, 2.24) is 24.7 Å². The van der Waals surface area contributed by atoms with E-state index in [4.69, 9.17) is 4.98 Å². The zero-order valence-corrected chi connectivity index (χ0v) is 27.0. The first kappa shape index (κ1) is 28.7. The second kappa shape index (κ2) is 12.5. The molecule has 5 aromatic carbocycles. The third kappa shape index (κ3) is 5.32. The molecule has 7 heteroatoms. The number of imidazole rings is 1. The van der Waals surface area contributed by atoms with Crippen molar-refractivity contribution in [2.75, 3.05) is 0 Å². The molecule has 0 aliphatic carbocycles. The minimum Gasteiger partial charge on any atom is -0.331 e. The summed E-state index contributed by atoms with van der Waals surface area (Å²) in [4.78, 5) is 9.21. The van der Waals surface area contributed by atoms with Gasteiger partial charge in [-0.15, -0.1) is 64.3 Å². The molecule has 0 spiro atoms. The van der Waals surface area contributed by atoms with Crippen molar-refractivity contribution >= 4 is 53.6 Å². The maximum absolute atomic E-state index is 4.99. The van der Waals surface area contributed by atoms with Crippen molar-refractivity contribution in [3.05, 3.63) is 152 Å². The number of fused-ring (bicyclic) bond motifs is 6. The molecule has 0 aliphatic rings. The number of hydrogen-bond donors (Lipinski definition) is 0. The van der Waals surface area contributed by atoms with E-state index in [1.165, 1.54) is 20.2 Å². The van der Waals surface area contributed by atoms with Crippen LogP contribution in [0.3, 0.4) is 0 Å². The average molecular weight is 774 g/mol. The van der Waals surface area contributed by atoms with E-state index in [1.807, 2.05) is 84.9 Å². The van der Waals surface area contributed by atoms with Gasteiger partial charge in [0, 0.05) is 42.1 Å². The van der Waals surface area contributed by atoms with Crippen LogP contribution in [0.2, 0.25) is 0 Å². The number of hydrogen-bond acceptors (Lipinski definition) is 5. The minimum atomic E-state index is 0. The number of benzene rings is 5. The van der Waals surface area contributed by atoms with E-state index in [1.54, 1.807) is 17.5 Å². The van der Waals surface area contributed by atoms with Gasteiger partial charge in [0.25, 0.3) is 0 Å². The van der Waals surface area contributed by atoms with Gasteiger partial charge in [0.1, 0.15) is 0 Å². The summed E-state index contributed by atoms with van der Waals surface area (Å²) in [5, 5.41) is 12.4. The van der Waals surface area contributed by atoms with E-state index in [9.17, 15) is 0 Å². The first-order valence-electron chi connectivity index (χ1n) is 14.2. The fraction of sp³-hybridized carbons (Fsp3) is 0. The number of rotatable bonds is 3. The van der Waals surface area contributed by atoms with Gasteiger partial charge in [-0.25, -0.2) is 0 Å². The van der Waals surface area contributed by atoms with Gasteiger partial charge in [-0.05, 0) is 46.1 Å². The van der Waals surface area contributed by atoms with Crippen molar-refractivity contribution in [2.24, 2.45) is 0 Å². The summed E-state index contributed by atoms with van der Waals surface area (Å²) < 4.78 is 4.64.